The van der Waals surface area contributed by atoms with E-state index in [-0.39, 0.29) is 5.91 Å². The van der Waals surface area contributed by atoms with Gasteiger partial charge in [-0.15, -0.1) is 0 Å². The Morgan fingerprint density at radius 2 is 1.62 bits per heavy atom. The van der Waals surface area contributed by atoms with Gasteiger partial charge in [-0.2, -0.15) is 0 Å². The van der Waals surface area contributed by atoms with E-state index in [1.807, 2.05) is 73.7 Å². The summed E-state index contributed by atoms with van der Waals surface area (Å²) in [4.78, 5) is 21.3. The fourth-order valence-corrected chi connectivity index (χ4v) is 2.33. The second-order valence-electron chi connectivity index (χ2n) is 5.36. The fourth-order valence-electron chi connectivity index (χ4n) is 2.33. The Labute approximate surface area is 140 Å². The minimum absolute atomic E-state index is 0.169. The molecule has 0 fully saturated rings. The van der Waals surface area contributed by atoms with E-state index in [9.17, 15) is 4.79 Å². The first kappa shape index (κ1) is 15.7. The highest BCUT2D eigenvalue weighted by Gasteiger charge is 2.21. The van der Waals surface area contributed by atoms with Crippen molar-refractivity contribution in [2.24, 2.45) is 0 Å². The van der Waals surface area contributed by atoms with Gasteiger partial charge in [0.15, 0.2) is 0 Å². The summed E-state index contributed by atoms with van der Waals surface area (Å²) in [6.07, 6.45) is 1.67. The van der Waals surface area contributed by atoms with Gasteiger partial charge in [0.2, 0.25) is 5.95 Å². The number of carbonyl (C=O) groups excluding carboxylic acids is 1. The Morgan fingerprint density at radius 1 is 0.958 bits per heavy atom. The number of nitrogens with zero attached hydrogens (tertiary/aromatic N) is 2. The van der Waals surface area contributed by atoms with E-state index < -0.39 is 6.04 Å². The van der Waals surface area contributed by atoms with Crippen LogP contribution in [0, 0.1) is 6.92 Å². The number of aryl methyl sites for hydroxylation is 1. The summed E-state index contributed by atoms with van der Waals surface area (Å²) < 4.78 is 0. The van der Waals surface area contributed by atoms with Crippen LogP contribution in [-0.2, 0) is 4.79 Å². The molecule has 0 aliphatic rings. The average molecular weight is 318 g/mol. The highest BCUT2D eigenvalue weighted by molar-refractivity contribution is 5.97. The molecule has 1 amide bonds. The van der Waals surface area contributed by atoms with Crippen molar-refractivity contribution in [1.82, 2.24) is 9.97 Å². The van der Waals surface area contributed by atoms with Crippen LogP contribution < -0.4 is 10.6 Å². The first-order chi connectivity index (χ1) is 11.7. The Kier molecular flexibility index (Phi) is 4.81. The maximum Gasteiger partial charge on any atom is 0.251 e. The van der Waals surface area contributed by atoms with E-state index in [0.717, 1.165) is 16.9 Å². The third-order valence-corrected chi connectivity index (χ3v) is 3.50. The number of para-hydroxylation sites is 1. The number of hydrogen-bond acceptors (Lipinski definition) is 4. The highest BCUT2D eigenvalue weighted by Crippen LogP contribution is 2.19. The standard InChI is InChI=1S/C19H18N4O/c1-14-12-13-20-19(21-14)23-17(15-8-4-2-5-9-15)18(24)22-16-10-6-3-7-11-16/h2-13,17H,1H3,(H,22,24)(H,20,21,23). The van der Waals surface area contributed by atoms with Crippen molar-refractivity contribution in [3.05, 3.63) is 84.2 Å². The molecule has 3 rings (SSSR count). The van der Waals surface area contributed by atoms with Gasteiger partial charge in [0.1, 0.15) is 6.04 Å². The van der Waals surface area contributed by atoms with Crippen LogP contribution in [0.3, 0.4) is 0 Å². The third-order valence-electron chi connectivity index (χ3n) is 3.50. The van der Waals surface area contributed by atoms with Gasteiger partial charge in [-0.05, 0) is 30.7 Å². The van der Waals surface area contributed by atoms with Crippen molar-refractivity contribution in [3.8, 4) is 0 Å². The molecule has 1 heterocycles. The van der Waals surface area contributed by atoms with Crippen LogP contribution in [0.25, 0.3) is 0 Å². The van der Waals surface area contributed by atoms with Gasteiger partial charge >= 0.3 is 0 Å². The number of carbonyl (C=O) groups is 1. The molecule has 1 unspecified atom stereocenters. The number of amides is 1. The predicted octanol–water partition coefficient (Wildman–Crippen LogP) is 3.58. The number of aromatic nitrogens is 2. The molecule has 2 N–H and O–H groups in total. The molecule has 5 heteroatoms. The molecule has 120 valence electrons. The van der Waals surface area contributed by atoms with E-state index in [1.165, 1.54) is 0 Å². The fraction of sp³-hybridized carbons (Fsp3) is 0.105. The zero-order valence-corrected chi connectivity index (χ0v) is 13.3. The van der Waals surface area contributed by atoms with E-state index in [4.69, 9.17) is 0 Å². The normalized spacial score (nSPS) is 11.5. The molecule has 3 aromatic rings. The van der Waals surface area contributed by atoms with Gasteiger partial charge in [-0.25, -0.2) is 9.97 Å². The predicted molar refractivity (Wildman–Crippen MR) is 94.6 cm³/mol. The highest BCUT2D eigenvalue weighted by atomic mass is 16.2. The summed E-state index contributed by atoms with van der Waals surface area (Å²) in [5.74, 6) is 0.254. The molecular weight excluding hydrogens is 300 g/mol. The molecular formula is C19H18N4O. The van der Waals surface area contributed by atoms with E-state index in [0.29, 0.717) is 5.95 Å². The van der Waals surface area contributed by atoms with Crippen molar-refractivity contribution in [2.75, 3.05) is 10.6 Å². The van der Waals surface area contributed by atoms with Crippen molar-refractivity contribution in [2.45, 2.75) is 13.0 Å². The molecule has 0 saturated carbocycles. The monoisotopic (exact) mass is 318 g/mol. The van der Waals surface area contributed by atoms with E-state index in [1.54, 1.807) is 6.20 Å². The van der Waals surface area contributed by atoms with Gasteiger partial charge in [-0.1, -0.05) is 48.5 Å². The Balaban J connectivity index is 1.86. The number of hydrogen-bond donors (Lipinski definition) is 2. The van der Waals surface area contributed by atoms with Gasteiger partial charge in [0, 0.05) is 17.6 Å². The lowest BCUT2D eigenvalue weighted by molar-refractivity contribution is -0.117. The molecule has 1 atom stereocenters. The van der Waals surface area contributed by atoms with Crippen LogP contribution in [0.15, 0.2) is 72.9 Å². The van der Waals surface area contributed by atoms with Crippen LogP contribution in [-0.4, -0.2) is 15.9 Å². The Hall–Kier alpha value is -3.21. The largest absolute Gasteiger partial charge is 0.339 e. The molecule has 0 aliphatic heterocycles. The SMILES string of the molecule is Cc1ccnc(NC(C(=O)Nc2ccccc2)c2ccccc2)n1. The number of anilines is 2. The maximum atomic E-state index is 12.8. The number of nitrogens with one attached hydrogen (secondary N) is 2. The van der Waals surface area contributed by atoms with Gasteiger partial charge < -0.3 is 10.6 Å². The zero-order valence-electron chi connectivity index (χ0n) is 13.3. The summed E-state index contributed by atoms with van der Waals surface area (Å²) in [6, 6.07) is 20.1. The summed E-state index contributed by atoms with van der Waals surface area (Å²) in [6.45, 7) is 1.88. The third kappa shape index (κ3) is 3.95. The van der Waals surface area contributed by atoms with Gasteiger partial charge in [0.05, 0.1) is 0 Å². The summed E-state index contributed by atoms with van der Waals surface area (Å²) >= 11 is 0. The minimum Gasteiger partial charge on any atom is -0.339 e. The molecule has 0 spiro atoms. The summed E-state index contributed by atoms with van der Waals surface area (Å²) in [5, 5.41) is 6.04. The zero-order chi connectivity index (χ0) is 16.8. The van der Waals surface area contributed by atoms with E-state index >= 15 is 0 Å². The van der Waals surface area contributed by atoms with Crippen LogP contribution in [0.1, 0.15) is 17.3 Å². The number of rotatable bonds is 5. The molecule has 1 aromatic heterocycles. The average Bonchev–Trinajstić information content (AvgIpc) is 2.61. The second-order valence-corrected chi connectivity index (χ2v) is 5.36. The summed E-state index contributed by atoms with van der Waals surface area (Å²) in [7, 11) is 0. The Morgan fingerprint density at radius 3 is 2.29 bits per heavy atom. The van der Waals surface area contributed by atoms with Crippen LogP contribution in [0.2, 0.25) is 0 Å². The molecule has 0 saturated heterocycles. The lowest BCUT2D eigenvalue weighted by Crippen LogP contribution is -2.28. The van der Waals surface area contributed by atoms with Crippen LogP contribution >= 0.6 is 0 Å². The minimum atomic E-state index is -0.590. The second kappa shape index (κ2) is 7.37. The first-order valence-corrected chi connectivity index (χ1v) is 7.69. The quantitative estimate of drug-likeness (QED) is 0.754. The van der Waals surface area contributed by atoms with Crippen LogP contribution in [0.5, 0.6) is 0 Å². The van der Waals surface area contributed by atoms with Crippen molar-refractivity contribution < 1.29 is 4.79 Å². The van der Waals surface area contributed by atoms with Crippen molar-refractivity contribution >= 4 is 17.5 Å². The molecule has 24 heavy (non-hydrogen) atoms. The lowest BCUT2D eigenvalue weighted by Gasteiger charge is -2.19. The van der Waals surface area contributed by atoms with Crippen LogP contribution in [0.4, 0.5) is 11.6 Å². The number of benzene rings is 2. The Bertz CT molecular complexity index is 806. The molecule has 5 nitrogen and oxygen atoms in total. The van der Waals surface area contributed by atoms with Crippen molar-refractivity contribution in [3.63, 3.8) is 0 Å². The molecule has 0 bridgehead atoms. The molecule has 2 aromatic carbocycles. The van der Waals surface area contributed by atoms with Gasteiger partial charge in [0.25, 0.3) is 5.91 Å². The summed E-state index contributed by atoms with van der Waals surface area (Å²) in [5.41, 5.74) is 2.43. The van der Waals surface area contributed by atoms with Crippen molar-refractivity contribution in [1.29, 1.82) is 0 Å². The van der Waals surface area contributed by atoms with Gasteiger partial charge in [-0.3, -0.25) is 4.79 Å². The smallest absolute Gasteiger partial charge is 0.251 e. The van der Waals surface area contributed by atoms with E-state index in [2.05, 4.69) is 20.6 Å². The molecule has 0 aliphatic carbocycles. The maximum absolute atomic E-state index is 12.8. The molecule has 0 radical (unpaired) electrons. The lowest BCUT2D eigenvalue weighted by atomic mass is 10.1. The topological polar surface area (TPSA) is 66.9 Å². The first-order valence-electron chi connectivity index (χ1n) is 7.69.